The summed E-state index contributed by atoms with van der Waals surface area (Å²) in [5.41, 5.74) is 14.1. The molecule has 0 fully saturated rings. The highest BCUT2D eigenvalue weighted by Gasteiger charge is 2.18. The molecule has 4 aromatic heterocycles. The van der Waals surface area contributed by atoms with E-state index >= 15 is 0 Å². The minimum absolute atomic E-state index is 0.575. The van der Waals surface area contributed by atoms with Crippen molar-refractivity contribution in [2.24, 2.45) is 0 Å². The first kappa shape index (κ1) is 35.5. The molecule has 0 aliphatic rings. The van der Waals surface area contributed by atoms with Gasteiger partial charge in [-0.1, -0.05) is 146 Å². The predicted octanol–water partition coefficient (Wildman–Crippen LogP) is 13.8. The Balaban J connectivity index is 0.939. The quantitative estimate of drug-likeness (QED) is 0.161. The summed E-state index contributed by atoms with van der Waals surface area (Å²) in [6, 6.07) is 72.6. The van der Waals surface area contributed by atoms with Gasteiger partial charge in [0.2, 0.25) is 0 Å². The van der Waals surface area contributed by atoms with Crippen LogP contribution >= 0.6 is 0 Å². The van der Waals surface area contributed by atoms with E-state index in [9.17, 15) is 0 Å². The van der Waals surface area contributed by atoms with Gasteiger partial charge in [-0.05, 0) is 77.4 Å². The number of hydrogen-bond donors (Lipinski definition) is 0. The van der Waals surface area contributed by atoms with Crippen molar-refractivity contribution >= 4 is 43.6 Å². The number of benzene rings is 8. The second-order valence-corrected chi connectivity index (χ2v) is 15.5. The average Bonchev–Trinajstić information content (AvgIpc) is 3.87. The molecule has 6 heteroatoms. The molecule has 0 bridgehead atoms. The summed E-state index contributed by atoms with van der Waals surface area (Å²) in [4.78, 5) is 19.5. The normalized spacial score (nSPS) is 11.5. The number of nitrogens with zero attached hydrogens (tertiary/aromatic N) is 6. The van der Waals surface area contributed by atoms with Crippen molar-refractivity contribution in [3.63, 3.8) is 0 Å². The summed E-state index contributed by atoms with van der Waals surface area (Å²) in [7, 11) is 0. The maximum Gasteiger partial charge on any atom is 0.165 e. The first-order valence-electron chi connectivity index (χ1n) is 20.8. The molecule has 0 saturated heterocycles. The Morgan fingerprint density at radius 3 is 1.48 bits per heavy atom. The minimum Gasteiger partial charge on any atom is -0.309 e. The van der Waals surface area contributed by atoms with Gasteiger partial charge in [-0.2, -0.15) is 0 Å². The molecule has 12 rings (SSSR count). The average molecular weight is 793 g/mol. The molecule has 0 spiro atoms. The van der Waals surface area contributed by atoms with Crippen molar-refractivity contribution in [3.05, 3.63) is 219 Å². The summed E-state index contributed by atoms with van der Waals surface area (Å²) in [5, 5.41) is 4.86. The van der Waals surface area contributed by atoms with Crippen LogP contribution in [-0.2, 0) is 0 Å². The van der Waals surface area contributed by atoms with Gasteiger partial charge in [0.25, 0.3) is 0 Å². The summed E-state index contributed by atoms with van der Waals surface area (Å²) in [6.45, 7) is 0. The predicted molar refractivity (Wildman–Crippen MR) is 253 cm³/mol. The molecule has 290 valence electrons. The summed E-state index contributed by atoms with van der Waals surface area (Å²) >= 11 is 0. The zero-order chi connectivity index (χ0) is 41.0. The molecular formula is C56H36N6. The Morgan fingerprint density at radius 1 is 0.290 bits per heavy atom. The van der Waals surface area contributed by atoms with Gasteiger partial charge in [0.1, 0.15) is 0 Å². The standard InChI is InChI=1S/C56H36N6/c1-4-15-38(16-5-1)54-58-55(39-17-6-2-7-18-39)60-56(59-54)42-33-41(35-57-36-42)40-29-32-51-48(34-40)46-21-10-12-24-49(46)61(51)44-30-27-37(28-31-44)45-23-14-26-52-53(45)47-22-11-13-25-50(47)62(52)43-19-8-3-9-20-43/h1-36H. The van der Waals surface area contributed by atoms with Gasteiger partial charge in [0.15, 0.2) is 17.5 Å². The Bertz CT molecular complexity index is 3550. The monoisotopic (exact) mass is 792 g/mol. The Labute approximate surface area is 357 Å². The van der Waals surface area contributed by atoms with Crippen LogP contribution in [0, 0.1) is 0 Å². The van der Waals surface area contributed by atoms with Crippen LogP contribution in [0.1, 0.15) is 0 Å². The van der Waals surface area contributed by atoms with Gasteiger partial charge in [-0.3, -0.25) is 4.98 Å². The zero-order valence-corrected chi connectivity index (χ0v) is 33.5. The Hall–Kier alpha value is -8.48. The minimum atomic E-state index is 0.575. The van der Waals surface area contributed by atoms with Crippen LogP contribution in [-0.4, -0.2) is 29.1 Å². The zero-order valence-electron chi connectivity index (χ0n) is 33.5. The molecule has 0 atom stereocenters. The molecule has 0 amide bonds. The fourth-order valence-electron chi connectivity index (χ4n) is 8.99. The number of rotatable bonds is 7. The fourth-order valence-corrected chi connectivity index (χ4v) is 8.99. The van der Waals surface area contributed by atoms with E-state index in [0.29, 0.717) is 17.5 Å². The number of aromatic nitrogens is 6. The summed E-state index contributed by atoms with van der Waals surface area (Å²) in [5.74, 6) is 1.82. The van der Waals surface area contributed by atoms with Crippen LogP contribution in [0.15, 0.2) is 219 Å². The van der Waals surface area contributed by atoms with Gasteiger partial charge in [-0.15, -0.1) is 0 Å². The smallest absolute Gasteiger partial charge is 0.165 e. The van der Waals surface area contributed by atoms with E-state index in [1.807, 2.05) is 73.1 Å². The number of hydrogen-bond acceptors (Lipinski definition) is 4. The van der Waals surface area contributed by atoms with Crippen molar-refractivity contribution < 1.29 is 0 Å². The van der Waals surface area contributed by atoms with Crippen molar-refractivity contribution in [2.45, 2.75) is 0 Å². The molecule has 4 heterocycles. The molecule has 0 unspecified atom stereocenters. The van der Waals surface area contributed by atoms with E-state index in [-0.39, 0.29) is 0 Å². The second-order valence-electron chi connectivity index (χ2n) is 15.5. The van der Waals surface area contributed by atoms with Crippen LogP contribution in [0.3, 0.4) is 0 Å². The fraction of sp³-hybridized carbons (Fsp3) is 0. The third-order valence-electron chi connectivity index (χ3n) is 11.9. The van der Waals surface area contributed by atoms with Crippen LogP contribution < -0.4 is 0 Å². The Morgan fingerprint density at radius 2 is 0.790 bits per heavy atom. The molecule has 0 aliphatic carbocycles. The molecule has 0 N–H and O–H groups in total. The molecule has 12 aromatic rings. The van der Waals surface area contributed by atoms with Gasteiger partial charge in [-0.25, -0.2) is 15.0 Å². The largest absolute Gasteiger partial charge is 0.309 e. The van der Waals surface area contributed by atoms with E-state index in [0.717, 1.165) is 50.2 Å². The lowest BCUT2D eigenvalue weighted by molar-refractivity contribution is 1.07. The summed E-state index contributed by atoms with van der Waals surface area (Å²) < 4.78 is 4.74. The first-order chi connectivity index (χ1) is 30.7. The van der Waals surface area contributed by atoms with Crippen LogP contribution in [0.25, 0.3) is 111 Å². The van der Waals surface area contributed by atoms with E-state index < -0.39 is 0 Å². The topological polar surface area (TPSA) is 61.4 Å². The molecule has 6 nitrogen and oxygen atoms in total. The van der Waals surface area contributed by atoms with Crippen LogP contribution in [0.4, 0.5) is 0 Å². The number of fused-ring (bicyclic) bond motifs is 6. The third kappa shape index (κ3) is 5.96. The van der Waals surface area contributed by atoms with Crippen molar-refractivity contribution in [2.75, 3.05) is 0 Å². The number of para-hydroxylation sites is 3. The lowest BCUT2D eigenvalue weighted by atomic mass is 9.99. The second kappa shape index (κ2) is 14.7. The van der Waals surface area contributed by atoms with E-state index in [4.69, 9.17) is 19.9 Å². The molecule has 0 saturated carbocycles. The van der Waals surface area contributed by atoms with Crippen molar-refractivity contribution in [1.29, 1.82) is 0 Å². The molecule has 62 heavy (non-hydrogen) atoms. The van der Waals surface area contributed by atoms with Crippen LogP contribution in [0.5, 0.6) is 0 Å². The van der Waals surface area contributed by atoms with Crippen molar-refractivity contribution in [3.8, 4) is 67.8 Å². The van der Waals surface area contributed by atoms with Gasteiger partial charge in [0, 0.05) is 67.6 Å². The highest BCUT2D eigenvalue weighted by molar-refractivity contribution is 6.16. The molecule has 8 aromatic carbocycles. The summed E-state index contributed by atoms with van der Waals surface area (Å²) in [6.07, 6.45) is 3.75. The highest BCUT2D eigenvalue weighted by atomic mass is 15.0. The highest BCUT2D eigenvalue weighted by Crippen LogP contribution is 2.40. The van der Waals surface area contributed by atoms with E-state index in [1.165, 1.54) is 43.7 Å². The maximum absolute atomic E-state index is 4.96. The van der Waals surface area contributed by atoms with Gasteiger partial charge in [0.05, 0.1) is 22.1 Å². The SMILES string of the molecule is c1ccc(-c2nc(-c3ccccc3)nc(-c3cncc(-c4ccc5c(c4)c4ccccc4n5-c4ccc(-c5cccc6c5c5ccccc5n6-c5ccccc5)cc4)c3)n2)cc1. The first-order valence-corrected chi connectivity index (χ1v) is 20.8. The van der Waals surface area contributed by atoms with Crippen molar-refractivity contribution in [1.82, 2.24) is 29.1 Å². The van der Waals surface area contributed by atoms with Gasteiger partial charge < -0.3 is 9.13 Å². The molecule has 0 radical (unpaired) electrons. The van der Waals surface area contributed by atoms with E-state index in [2.05, 4.69) is 155 Å². The maximum atomic E-state index is 4.96. The van der Waals surface area contributed by atoms with Crippen LogP contribution in [0.2, 0.25) is 0 Å². The third-order valence-corrected chi connectivity index (χ3v) is 11.9. The van der Waals surface area contributed by atoms with E-state index in [1.54, 1.807) is 0 Å². The molecule has 0 aliphatic heterocycles. The molecular weight excluding hydrogens is 757 g/mol. The van der Waals surface area contributed by atoms with Gasteiger partial charge >= 0.3 is 0 Å². The number of pyridine rings is 1. The lowest BCUT2D eigenvalue weighted by Crippen LogP contribution is -2.00. The lowest BCUT2D eigenvalue weighted by Gasteiger charge is -2.11. The Kier molecular flexibility index (Phi) is 8.38.